The van der Waals surface area contributed by atoms with Crippen molar-refractivity contribution in [2.75, 3.05) is 0 Å². The number of carbonyl (C=O) groups excluding carboxylic acids is 1. The van der Waals surface area contributed by atoms with E-state index in [-0.39, 0.29) is 4.69 Å². The molecular weight excluding hydrogens is 252 g/mol. The minimum atomic E-state index is 0.230. The summed E-state index contributed by atoms with van der Waals surface area (Å²) < 4.78 is 0.230. The second-order valence-electron chi connectivity index (χ2n) is 6.80. The Morgan fingerprint density at radius 3 is 2.33 bits per heavy atom. The van der Waals surface area contributed by atoms with E-state index in [0.29, 0.717) is 10.8 Å². The van der Waals surface area contributed by atoms with Crippen molar-refractivity contribution in [3.8, 4) is 0 Å². The van der Waals surface area contributed by atoms with Crippen LogP contribution in [0.3, 0.4) is 0 Å². The zero-order valence-electron chi connectivity index (χ0n) is 9.39. The van der Waals surface area contributed by atoms with Gasteiger partial charge in [-0.2, -0.15) is 0 Å². The van der Waals surface area contributed by atoms with Gasteiger partial charge in [-0.3, -0.25) is 4.79 Å². The molecule has 4 rings (SSSR count). The topological polar surface area (TPSA) is 17.1 Å². The Hall–Kier alpha value is 0.150. The highest BCUT2D eigenvalue weighted by atomic mass is 79.9. The van der Waals surface area contributed by atoms with Crippen molar-refractivity contribution in [2.24, 2.45) is 22.7 Å². The summed E-state index contributed by atoms with van der Waals surface area (Å²) in [6.07, 6.45) is 9.07. The molecule has 15 heavy (non-hydrogen) atoms. The highest BCUT2D eigenvalue weighted by Gasteiger charge is 2.55. The van der Waals surface area contributed by atoms with Gasteiger partial charge in [0.2, 0.25) is 0 Å². The van der Waals surface area contributed by atoms with Gasteiger partial charge in [-0.15, -0.1) is 0 Å². The van der Waals surface area contributed by atoms with Crippen LogP contribution >= 0.6 is 15.9 Å². The lowest BCUT2D eigenvalue weighted by atomic mass is 9.44. The Morgan fingerprint density at radius 1 is 1.27 bits per heavy atom. The second-order valence-corrected chi connectivity index (χ2v) is 7.69. The first-order chi connectivity index (χ1) is 6.99. The van der Waals surface area contributed by atoms with E-state index in [0.717, 1.165) is 18.3 Å². The first-order valence-electron chi connectivity index (χ1n) is 6.17. The maximum atomic E-state index is 11.3. The lowest BCUT2D eigenvalue weighted by Crippen LogP contribution is -2.51. The Bertz CT molecular complexity index is 296. The monoisotopic (exact) mass is 270 g/mol. The van der Waals surface area contributed by atoms with Crippen molar-refractivity contribution in [3.63, 3.8) is 0 Å². The third kappa shape index (κ3) is 1.69. The van der Waals surface area contributed by atoms with Crippen LogP contribution in [0.5, 0.6) is 0 Å². The summed E-state index contributed by atoms with van der Waals surface area (Å²) in [7, 11) is 0. The number of rotatable bonds is 2. The Kier molecular flexibility index (Phi) is 2.12. The number of carbonyl (C=O) groups is 1. The van der Waals surface area contributed by atoms with Gasteiger partial charge in [0.05, 0.1) is 0 Å². The summed E-state index contributed by atoms with van der Waals surface area (Å²) in [4.78, 5) is 11.3. The molecule has 2 atom stereocenters. The molecule has 0 heterocycles. The Balaban J connectivity index is 1.89. The smallest absolute Gasteiger partial charge is 0.198 e. The number of halogens is 1. The van der Waals surface area contributed by atoms with Crippen LogP contribution in [0.1, 0.15) is 51.9 Å². The Labute approximate surface area is 100 Å². The molecule has 0 spiro atoms. The maximum absolute atomic E-state index is 11.3. The standard InChI is InChI=1S/C13H19BrO/c1-12-3-9-2-10(4-12)6-13(5-9,8-12)7-11(14)15/h9-10H,2-8H2,1H3. The minimum Gasteiger partial charge on any atom is -0.287 e. The Morgan fingerprint density at radius 2 is 1.87 bits per heavy atom. The van der Waals surface area contributed by atoms with Crippen molar-refractivity contribution in [3.05, 3.63) is 0 Å². The van der Waals surface area contributed by atoms with Crippen molar-refractivity contribution in [1.82, 2.24) is 0 Å². The van der Waals surface area contributed by atoms with Crippen LogP contribution < -0.4 is 0 Å². The molecule has 4 aliphatic carbocycles. The van der Waals surface area contributed by atoms with E-state index < -0.39 is 0 Å². The molecule has 0 amide bonds. The van der Waals surface area contributed by atoms with Crippen LogP contribution in [0.25, 0.3) is 0 Å². The third-order valence-electron chi connectivity index (χ3n) is 4.99. The predicted octanol–water partition coefficient (Wildman–Crippen LogP) is 3.90. The highest BCUT2D eigenvalue weighted by molar-refractivity contribution is 9.18. The minimum absolute atomic E-state index is 0.230. The lowest BCUT2D eigenvalue weighted by Gasteiger charge is -2.61. The van der Waals surface area contributed by atoms with Gasteiger partial charge >= 0.3 is 0 Å². The van der Waals surface area contributed by atoms with Gasteiger partial charge in [-0.25, -0.2) is 0 Å². The van der Waals surface area contributed by atoms with Gasteiger partial charge in [-0.1, -0.05) is 6.92 Å². The van der Waals surface area contributed by atoms with E-state index in [9.17, 15) is 4.79 Å². The summed E-state index contributed by atoms with van der Waals surface area (Å²) in [5.41, 5.74) is 0.964. The van der Waals surface area contributed by atoms with E-state index >= 15 is 0 Å². The molecule has 0 aromatic rings. The van der Waals surface area contributed by atoms with Crippen molar-refractivity contribution in [2.45, 2.75) is 51.9 Å². The summed E-state index contributed by atoms with van der Waals surface area (Å²) in [5, 5.41) is 0. The van der Waals surface area contributed by atoms with E-state index in [2.05, 4.69) is 22.9 Å². The zero-order chi connectivity index (χ0) is 10.7. The molecule has 4 aliphatic rings. The number of hydrogen-bond acceptors (Lipinski definition) is 1. The molecule has 0 aliphatic heterocycles. The normalized spacial score (nSPS) is 52.1. The average molecular weight is 271 g/mol. The van der Waals surface area contributed by atoms with Gasteiger partial charge in [0.1, 0.15) is 0 Å². The van der Waals surface area contributed by atoms with Crippen LogP contribution in [0.4, 0.5) is 0 Å². The van der Waals surface area contributed by atoms with E-state index in [1.54, 1.807) is 0 Å². The zero-order valence-corrected chi connectivity index (χ0v) is 11.0. The van der Waals surface area contributed by atoms with Gasteiger partial charge in [0, 0.05) is 6.42 Å². The van der Waals surface area contributed by atoms with Crippen molar-refractivity contribution in [1.29, 1.82) is 0 Å². The molecule has 0 aromatic heterocycles. The second kappa shape index (κ2) is 3.09. The van der Waals surface area contributed by atoms with Crippen LogP contribution in [-0.4, -0.2) is 4.69 Å². The van der Waals surface area contributed by atoms with Crippen LogP contribution in [-0.2, 0) is 4.79 Å². The molecule has 0 saturated heterocycles. The average Bonchev–Trinajstić information content (AvgIpc) is 1.94. The van der Waals surface area contributed by atoms with Gasteiger partial charge in [0.25, 0.3) is 0 Å². The molecule has 4 fully saturated rings. The molecule has 2 unspecified atom stereocenters. The SMILES string of the molecule is CC12CC3CC(C1)CC(CC(=O)Br)(C3)C2. The molecule has 0 radical (unpaired) electrons. The van der Waals surface area contributed by atoms with Gasteiger partial charge in [0.15, 0.2) is 4.69 Å². The fraction of sp³-hybridized carbons (Fsp3) is 0.923. The van der Waals surface area contributed by atoms with Gasteiger partial charge < -0.3 is 0 Å². The molecule has 84 valence electrons. The summed E-state index contributed by atoms with van der Waals surface area (Å²) in [5.74, 6) is 1.87. The molecule has 4 saturated carbocycles. The first kappa shape index (κ1) is 10.3. The quantitative estimate of drug-likeness (QED) is 0.696. The molecule has 4 bridgehead atoms. The van der Waals surface area contributed by atoms with Crippen molar-refractivity contribution < 1.29 is 4.79 Å². The molecule has 0 N–H and O–H groups in total. The predicted molar refractivity (Wildman–Crippen MR) is 63.8 cm³/mol. The maximum Gasteiger partial charge on any atom is 0.198 e. The first-order valence-corrected chi connectivity index (χ1v) is 6.96. The molecule has 1 nitrogen and oxygen atoms in total. The van der Waals surface area contributed by atoms with E-state index in [1.165, 1.54) is 38.5 Å². The van der Waals surface area contributed by atoms with Crippen LogP contribution in [0.15, 0.2) is 0 Å². The van der Waals surface area contributed by atoms with Gasteiger partial charge in [-0.05, 0) is 77.1 Å². The fourth-order valence-electron chi connectivity index (χ4n) is 5.43. The van der Waals surface area contributed by atoms with E-state index in [4.69, 9.17) is 0 Å². The fourth-order valence-corrected chi connectivity index (χ4v) is 6.02. The van der Waals surface area contributed by atoms with Crippen LogP contribution in [0, 0.1) is 22.7 Å². The molecular formula is C13H19BrO. The highest BCUT2D eigenvalue weighted by Crippen LogP contribution is 2.66. The molecule has 0 aromatic carbocycles. The van der Waals surface area contributed by atoms with E-state index in [1.807, 2.05) is 0 Å². The number of hydrogen-bond donors (Lipinski definition) is 0. The van der Waals surface area contributed by atoms with Crippen LogP contribution in [0.2, 0.25) is 0 Å². The largest absolute Gasteiger partial charge is 0.287 e. The summed E-state index contributed by atoms with van der Waals surface area (Å²) in [6.45, 7) is 2.46. The molecule has 2 heteroatoms. The lowest BCUT2D eigenvalue weighted by molar-refractivity contribution is -0.127. The summed E-state index contributed by atoms with van der Waals surface area (Å²) >= 11 is 3.14. The summed E-state index contributed by atoms with van der Waals surface area (Å²) in [6, 6.07) is 0. The van der Waals surface area contributed by atoms with Crippen molar-refractivity contribution >= 4 is 20.6 Å². The third-order valence-corrected chi connectivity index (χ3v) is 5.27.